The first-order valence-corrected chi connectivity index (χ1v) is 10.3. The minimum Gasteiger partial charge on any atom is -0.473 e. The molecule has 0 aliphatic heterocycles. The Hall–Kier alpha value is -2.26. The Bertz CT molecular complexity index is 1010. The van der Waals surface area contributed by atoms with Crippen molar-refractivity contribution in [3.63, 3.8) is 0 Å². The SMILES string of the molecule is COc1nc(-c2ccc(NC(=O)Cc3ccccc3Cl)cc2S(N)=O)cs1. The molecule has 3 N–H and O–H groups in total. The number of nitrogens with zero attached hydrogens (tertiary/aromatic N) is 1. The van der Waals surface area contributed by atoms with E-state index in [1.54, 1.807) is 41.8 Å². The molecule has 0 aliphatic rings. The molecular formula is C18H16ClN3O3S2. The maximum atomic E-state index is 12.3. The van der Waals surface area contributed by atoms with Crippen LogP contribution in [-0.2, 0) is 22.2 Å². The van der Waals surface area contributed by atoms with Crippen molar-refractivity contribution in [1.82, 2.24) is 4.98 Å². The summed E-state index contributed by atoms with van der Waals surface area (Å²) in [5, 5.41) is 11.2. The number of carbonyl (C=O) groups excluding carboxylic acids is 1. The van der Waals surface area contributed by atoms with Gasteiger partial charge in [0.2, 0.25) is 5.91 Å². The molecule has 1 heterocycles. The molecule has 0 aliphatic carbocycles. The van der Waals surface area contributed by atoms with Gasteiger partial charge in [0.05, 0.1) is 24.1 Å². The number of aromatic nitrogens is 1. The summed E-state index contributed by atoms with van der Waals surface area (Å²) in [6.07, 6.45) is 0.131. The molecule has 9 heteroatoms. The topological polar surface area (TPSA) is 94.3 Å². The second-order valence-electron chi connectivity index (χ2n) is 5.53. The highest BCUT2D eigenvalue weighted by Gasteiger charge is 2.15. The van der Waals surface area contributed by atoms with Gasteiger partial charge in [0, 0.05) is 21.7 Å². The third-order valence-corrected chi connectivity index (χ3v) is 5.67. The summed E-state index contributed by atoms with van der Waals surface area (Å²) in [5.41, 5.74) is 2.45. The van der Waals surface area contributed by atoms with Gasteiger partial charge in [-0.2, -0.15) is 0 Å². The van der Waals surface area contributed by atoms with E-state index in [0.29, 0.717) is 32.1 Å². The highest BCUT2D eigenvalue weighted by Crippen LogP contribution is 2.31. The molecule has 0 saturated carbocycles. The number of anilines is 1. The number of hydrogen-bond donors (Lipinski definition) is 2. The van der Waals surface area contributed by atoms with Crippen molar-refractivity contribution in [2.45, 2.75) is 11.3 Å². The van der Waals surface area contributed by atoms with Gasteiger partial charge in [0.25, 0.3) is 5.19 Å². The molecule has 140 valence electrons. The second kappa shape index (κ2) is 8.62. The quantitative estimate of drug-likeness (QED) is 0.635. The van der Waals surface area contributed by atoms with Gasteiger partial charge < -0.3 is 10.1 Å². The monoisotopic (exact) mass is 421 g/mol. The minimum atomic E-state index is -1.75. The van der Waals surface area contributed by atoms with E-state index in [1.807, 2.05) is 6.07 Å². The normalized spacial score (nSPS) is 11.8. The minimum absolute atomic E-state index is 0.131. The van der Waals surface area contributed by atoms with Crippen molar-refractivity contribution in [1.29, 1.82) is 0 Å². The van der Waals surface area contributed by atoms with Crippen LogP contribution >= 0.6 is 22.9 Å². The smallest absolute Gasteiger partial charge is 0.273 e. The molecule has 27 heavy (non-hydrogen) atoms. The highest BCUT2D eigenvalue weighted by atomic mass is 35.5. The number of halogens is 1. The molecule has 0 saturated heterocycles. The van der Waals surface area contributed by atoms with Crippen molar-refractivity contribution in [3.8, 4) is 16.5 Å². The van der Waals surface area contributed by atoms with Crippen LogP contribution in [0.15, 0.2) is 52.7 Å². The van der Waals surface area contributed by atoms with Crippen molar-refractivity contribution in [2.24, 2.45) is 5.14 Å². The van der Waals surface area contributed by atoms with Gasteiger partial charge >= 0.3 is 0 Å². The first kappa shape index (κ1) is 19.5. The number of thiazole rings is 1. The van der Waals surface area contributed by atoms with Gasteiger partial charge in [-0.15, -0.1) is 0 Å². The maximum Gasteiger partial charge on any atom is 0.273 e. The second-order valence-corrected chi connectivity index (χ2v) is 7.79. The van der Waals surface area contributed by atoms with Crippen molar-refractivity contribution >= 4 is 45.5 Å². The lowest BCUT2D eigenvalue weighted by Crippen LogP contribution is -2.15. The highest BCUT2D eigenvalue weighted by molar-refractivity contribution is 7.82. The Balaban J connectivity index is 1.82. The van der Waals surface area contributed by atoms with Crippen molar-refractivity contribution < 1.29 is 13.7 Å². The summed E-state index contributed by atoms with van der Waals surface area (Å²) in [6, 6.07) is 12.2. The van der Waals surface area contributed by atoms with E-state index in [1.165, 1.54) is 18.4 Å². The van der Waals surface area contributed by atoms with Gasteiger partial charge in [0.15, 0.2) is 0 Å². The Labute approximate surface area is 167 Å². The molecule has 3 rings (SSSR count). The van der Waals surface area contributed by atoms with E-state index < -0.39 is 11.0 Å². The van der Waals surface area contributed by atoms with Crippen LogP contribution < -0.4 is 15.2 Å². The van der Waals surface area contributed by atoms with Crippen LogP contribution in [0.25, 0.3) is 11.3 Å². The van der Waals surface area contributed by atoms with E-state index in [2.05, 4.69) is 10.3 Å². The largest absolute Gasteiger partial charge is 0.473 e. The molecule has 0 radical (unpaired) electrons. The fraction of sp³-hybridized carbons (Fsp3) is 0.111. The molecule has 0 bridgehead atoms. The van der Waals surface area contributed by atoms with E-state index in [9.17, 15) is 9.00 Å². The summed E-state index contributed by atoms with van der Waals surface area (Å²) in [4.78, 5) is 17.0. The summed E-state index contributed by atoms with van der Waals surface area (Å²) >= 11 is 7.41. The third-order valence-electron chi connectivity index (χ3n) is 3.72. The van der Waals surface area contributed by atoms with E-state index in [0.717, 1.165) is 5.56 Å². The summed E-state index contributed by atoms with van der Waals surface area (Å²) in [5.74, 6) is -0.236. The number of nitrogens with one attached hydrogen (secondary N) is 1. The van der Waals surface area contributed by atoms with Crippen LogP contribution in [0.4, 0.5) is 5.69 Å². The van der Waals surface area contributed by atoms with Gasteiger partial charge in [0.1, 0.15) is 11.0 Å². The van der Waals surface area contributed by atoms with Gasteiger partial charge in [-0.1, -0.05) is 41.1 Å². The predicted molar refractivity (Wildman–Crippen MR) is 108 cm³/mol. The number of nitrogens with two attached hydrogens (primary N) is 1. The fourth-order valence-electron chi connectivity index (χ4n) is 2.47. The summed E-state index contributed by atoms with van der Waals surface area (Å²) < 4.78 is 17.1. The fourth-order valence-corrected chi connectivity index (χ4v) is 3.95. The van der Waals surface area contributed by atoms with Crippen LogP contribution in [0, 0.1) is 0 Å². The van der Waals surface area contributed by atoms with Crippen molar-refractivity contribution in [2.75, 3.05) is 12.4 Å². The van der Waals surface area contributed by atoms with Gasteiger partial charge in [-0.3, -0.25) is 4.79 Å². The molecule has 6 nitrogen and oxygen atoms in total. The Morgan fingerprint density at radius 3 is 2.78 bits per heavy atom. The summed E-state index contributed by atoms with van der Waals surface area (Å²) in [7, 11) is -0.219. The predicted octanol–water partition coefficient (Wildman–Crippen LogP) is 3.63. The molecule has 0 fully saturated rings. The zero-order chi connectivity index (χ0) is 19.4. The summed E-state index contributed by atoms with van der Waals surface area (Å²) in [6.45, 7) is 0. The lowest BCUT2D eigenvalue weighted by atomic mass is 10.1. The van der Waals surface area contributed by atoms with Crippen LogP contribution in [0.2, 0.25) is 5.02 Å². The zero-order valence-electron chi connectivity index (χ0n) is 14.3. The van der Waals surface area contributed by atoms with E-state index in [-0.39, 0.29) is 12.3 Å². The van der Waals surface area contributed by atoms with Crippen LogP contribution in [0.5, 0.6) is 5.19 Å². The first-order valence-electron chi connectivity index (χ1n) is 7.81. The van der Waals surface area contributed by atoms with Gasteiger partial charge in [-0.25, -0.2) is 14.3 Å². The van der Waals surface area contributed by atoms with Gasteiger partial charge in [-0.05, 0) is 29.8 Å². The average Bonchev–Trinajstić information content (AvgIpc) is 3.12. The zero-order valence-corrected chi connectivity index (χ0v) is 16.7. The standard InChI is InChI=1S/C18H16ClN3O3S2/c1-25-18-22-15(10-26-18)13-7-6-12(9-16(13)27(20)24)21-17(23)8-11-4-2-3-5-14(11)19/h2-7,9-10H,8,20H2,1H3,(H,21,23). The Morgan fingerprint density at radius 1 is 1.33 bits per heavy atom. The van der Waals surface area contributed by atoms with E-state index >= 15 is 0 Å². The Morgan fingerprint density at radius 2 is 2.11 bits per heavy atom. The van der Waals surface area contributed by atoms with Crippen molar-refractivity contribution in [3.05, 3.63) is 58.4 Å². The van der Waals surface area contributed by atoms with E-state index in [4.69, 9.17) is 21.5 Å². The third kappa shape index (κ3) is 4.72. The molecule has 2 aromatic carbocycles. The molecule has 1 atom stereocenters. The Kier molecular flexibility index (Phi) is 6.22. The number of rotatable bonds is 6. The average molecular weight is 422 g/mol. The lowest BCUT2D eigenvalue weighted by Gasteiger charge is -2.10. The first-order chi connectivity index (χ1) is 13.0. The van der Waals surface area contributed by atoms with Crippen LogP contribution in [-0.4, -0.2) is 22.2 Å². The molecule has 3 aromatic rings. The number of hydrogen-bond acceptors (Lipinski definition) is 5. The molecule has 0 spiro atoms. The molecule has 1 unspecified atom stereocenters. The number of methoxy groups -OCH3 is 1. The number of ether oxygens (including phenoxy) is 1. The van der Waals surface area contributed by atoms with Crippen LogP contribution in [0.1, 0.15) is 5.56 Å². The number of benzene rings is 2. The number of carbonyl (C=O) groups is 1. The molecular weight excluding hydrogens is 406 g/mol. The molecule has 1 amide bonds. The molecule has 1 aromatic heterocycles. The number of amides is 1. The lowest BCUT2D eigenvalue weighted by molar-refractivity contribution is -0.115. The maximum absolute atomic E-state index is 12.3. The van der Waals surface area contributed by atoms with Crippen LogP contribution in [0.3, 0.4) is 0 Å².